The molecule has 0 spiro atoms. The van der Waals surface area contributed by atoms with Crippen molar-refractivity contribution in [1.29, 1.82) is 0 Å². The first kappa shape index (κ1) is 13.2. The molecule has 1 atom stereocenters. The maximum atomic E-state index is 12.1. The number of imidazole rings is 1. The van der Waals surface area contributed by atoms with Crippen molar-refractivity contribution in [3.63, 3.8) is 0 Å². The fourth-order valence-electron chi connectivity index (χ4n) is 2.98. The van der Waals surface area contributed by atoms with Crippen LogP contribution in [0.2, 0.25) is 0 Å². The fraction of sp³-hybridized carbons (Fsp3) is 0.438. The van der Waals surface area contributed by atoms with Crippen LogP contribution in [0.3, 0.4) is 0 Å². The lowest BCUT2D eigenvalue weighted by Crippen LogP contribution is -2.31. The summed E-state index contributed by atoms with van der Waals surface area (Å²) in [7, 11) is 1.78. The van der Waals surface area contributed by atoms with Crippen molar-refractivity contribution in [1.82, 2.24) is 14.5 Å². The number of piperidine rings is 1. The van der Waals surface area contributed by atoms with E-state index in [1.807, 2.05) is 18.3 Å². The molecule has 1 unspecified atom stereocenters. The zero-order valence-corrected chi connectivity index (χ0v) is 11.9. The van der Waals surface area contributed by atoms with E-state index in [1.165, 1.54) is 18.4 Å². The number of nitrogens with one attached hydrogen (secondary N) is 1. The maximum Gasteiger partial charge on any atom is 0.332 e. The Labute approximate surface area is 119 Å². The molecule has 0 amide bonds. The quantitative estimate of drug-likeness (QED) is 0.923. The van der Waals surface area contributed by atoms with Gasteiger partial charge in [-0.2, -0.15) is 0 Å². The van der Waals surface area contributed by atoms with Crippen molar-refractivity contribution in [3.05, 3.63) is 52.7 Å². The van der Waals surface area contributed by atoms with Crippen molar-refractivity contribution in [2.45, 2.75) is 19.3 Å². The third-order valence-electron chi connectivity index (χ3n) is 4.11. The zero-order chi connectivity index (χ0) is 13.9. The van der Waals surface area contributed by atoms with Crippen LogP contribution in [0.15, 0.2) is 41.5 Å². The van der Waals surface area contributed by atoms with E-state index in [0.29, 0.717) is 5.92 Å². The second-order valence-corrected chi connectivity index (χ2v) is 5.61. The van der Waals surface area contributed by atoms with Crippen LogP contribution >= 0.6 is 0 Å². The Kier molecular flexibility index (Phi) is 3.74. The largest absolute Gasteiger partial charge is 0.332 e. The molecular formula is C16H21N3O. The molecule has 0 aliphatic carbocycles. The molecule has 1 saturated heterocycles. The third-order valence-corrected chi connectivity index (χ3v) is 4.11. The number of hydrogen-bond donors (Lipinski definition) is 1. The highest BCUT2D eigenvalue weighted by Crippen LogP contribution is 2.21. The number of para-hydroxylation sites is 1. The Morgan fingerprint density at radius 3 is 2.85 bits per heavy atom. The van der Waals surface area contributed by atoms with Gasteiger partial charge in [0, 0.05) is 19.4 Å². The van der Waals surface area contributed by atoms with Crippen LogP contribution in [0, 0.1) is 5.92 Å². The first-order valence-corrected chi connectivity index (χ1v) is 7.28. The van der Waals surface area contributed by atoms with Crippen LogP contribution < -0.4 is 11.0 Å². The standard InChI is InChI=1S/C16H21N3O/c1-18-9-10-19(16(18)20)15-7-3-2-6-14(15)11-13-5-4-8-17-12-13/h2-3,6-7,9-10,13,17H,4-5,8,11-12H2,1H3. The van der Waals surface area contributed by atoms with Crippen LogP contribution in [0.5, 0.6) is 0 Å². The topological polar surface area (TPSA) is 39.0 Å². The lowest BCUT2D eigenvalue weighted by molar-refractivity contribution is 0.376. The molecule has 1 aliphatic rings. The molecule has 20 heavy (non-hydrogen) atoms. The van der Waals surface area contributed by atoms with E-state index < -0.39 is 0 Å². The SMILES string of the molecule is Cn1ccn(-c2ccccc2CC2CCCNC2)c1=O. The van der Waals surface area contributed by atoms with Crippen molar-refractivity contribution in [2.24, 2.45) is 13.0 Å². The summed E-state index contributed by atoms with van der Waals surface area (Å²) in [6.07, 6.45) is 7.20. The number of benzene rings is 1. The first-order valence-electron chi connectivity index (χ1n) is 7.28. The van der Waals surface area contributed by atoms with E-state index in [1.54, 1.807) is 22.4 Å². The number of rotatable bonds is 3. The molecule has 4 nitrogen and oxygen atoms in total. The summed E-state index contributed by atoms with van der Waals surface area (Å²) in [6, 6.07) is 8.23. The summed E-state index contributed by atoms with van der Waals surface area (Å²) in [5, 5.41) is 3.46. The van der Waals surface area contributed by atoms with E-state index in [9.17, 15) is 4.79 Å². The van der Waals surface area contributed by atoms with Gasteiger partial charge in [-0.05, 0) is 49.9 Å². The third kappa shape index (κ3) is 2.56. The molecule has 3 rings (SSSR count). The van der Waals surface area contributed by atoms with E-state index >= 15 is 0 Å². The Morgan fingerprint density at radius 2 is 2.15 bits per heavy atom. The second-order valence-electron chi connectivity index (χ2n) is 5.61. The van der Waals surface area contributed by atoms with Crippen LogP contribution in [-0.4, -0.2) is 22.2 Å². The van der Waals surface area contributed by atoms with Gasteiger partial charge in [0.1, 0.15) is 0 Å². The average molecular weight is 271 g/mol. The Hall–Kier alpha value is -1.81. The van der Waals surface area contributed by atoms with Crippen LogP contribution in [-0.2, 0) is 13.5 Å². The van der Waals surface area contributed by atoms with Gasteiger partial charge in [-0.25, -0.2) is 4.79 Å². The smallest absolute Gasteiger partial charge is 0.316 e. The predicted molar refractivity (Wildman–Crippen MR) is 80.3 cm³/mol. The summed E-state index contributed by atoms with van der Waals surface area (Å²) in [4.78, 5) is 12.1. The lowest BCUT2D eigenvalue weighted by Gasteiger charge is -2.23. The molecule has 1 aromatic heterocycles. The highest BCUT2D eigenvalue weighted by Gasteiger charge is 2.16. The van der Waals surface area contributed by atoms with E-state index in [4.69, 9.17) is 0 Å². The van der Waals surface area contributed by atoms with Gasteiger partial charge in [0.05, 0.1) is 5.69 Å². The molecule has 106 valence electrons. The highest BCUT2D eigenvalue weighted by molar-refractivity contribution is 5.41. The van der Waals surface area contributed by atoms with Gasteiger partial charge in [0.15, 0.2) is 0 Å². The van der Waals surface area contributed by atoms with Gasteiger partial charge >= 0.3 is 5.69 Å². The first-order chi connectivity index (χ1) is 9.75. The minimum Gasteiger partial charge on any atom is -0.316 e. The number of aromatic nitrogens is 2. The fourth-order valence-corrected chi connectivity index (χ4v) is 2.98. The monoisotopic (exact) mass is 271 g/mol. The average Bonchev–Trinajstić information content (AvgIpc) is 2.81. The molecule has 0 saturated carbocycles. The number of hydrogen-bond acceptors (Lipinski definition) is 2. The summed E-state index contributed by atoms with van der Waals surface area (Å²) in [6.45, 7) is 2.22. The van der Waals surface area contributed by atoms with Crippen molar-refractivity contribution in [3.8, 4) is 5.69 Å². The second kappa shape index (κ2) is 5.67. The zero-order valence-electron chi connectivity index (χ0n) is 11.9. The lowest BCUT2D eigenvalue weighted by atomic mass is 9.91. The van der Waals surface area contributed by atoms with Gasteiger partial charge in [-0.15, -0.1) is 0 Å². The minimum absolute atomic E-state index is 0.0132. The molecule has 4 heteroatoms. The van der Waals surface area contributed by atoms with Crippen LogP contribution in [0.25, 0.3) is 5.69 Å². The molecule has 1 fully saturated rings. The van der Waals surface area contributed by atoms with Gasteiger partial charge in [0.2, 0.25) is 0 Å². The van der Waals surface area contributed by atoms with E-state index in [0.717, 1.165) is 25.2 Å². The van der Waals surface area contributed by atoms with Crippen molar-refractivity contribution in [2.75, 3.05) is 13.1 Å². The molecular weight excluding hydrogens is 250 g/mol. The maximum absolute atomic E-state index is 12.1. The van der Waals surface area contributed by atoms with Crippen molar-refractivity contribution < 1.29 is 0 Å². The van der Waals surface area contributed by atoms with Crippen molar-refractivity contribution >= 4 is 0 Å². The summed E-state index contributed by atoms with van der Waals surface area (Å²) >= 11 is 0. The predicted octanol–water partition coefficient (Wildman–Crippen LogP) is 1.72. The Bertz CT molecular complexity index is 635. The van der Waals surface area contributed by atoms with Crippen LogP contribution in [0.1, 0.15) is 18.4 Å². The van der Waals surface area contributed by atoms with E-state index in [-0.39, 0.29) is 5.69 Å². The number of aryl methyl sites for hydroxylation is 1. The summed E-state index contributed by atoms with van der Waals surface area (Å²) in [5.41, 5.74) is 2.29. The normalized spacial score (nSPS) is 19.1. The molecule has 0 bridgehead atoms. The molecule has 2 heterocycles. The molecule has 2 aromatic rings. The van der Waals surface area contributed by atoms with Gasteiger partial charge in [0.25, 0.3) is 0 Å². The van der Waals surface area contributed by atoms with E-state index in [2.05, 4.69) is 17.4 Å². The van der Waals surface area contributed by atoms with Crippen LogP contribution in [0.4, 0.5) is 0 Å². The summed E-state index contributed by atoms with van der Waals surface area (Å²) < 4.78 is 3.35. The Morgan fingerprint density at radius 1 is 1.30 bits per heavy atom. The molecule has 1 N–H and O–H groups in total. The number of nitrogens with zero attached hydrogens (tertiary/aromatic N) is 2. The Balaban J connectivity index is 1.92. The highest BCUT2D eigenvalue weighted by atomic mass is 16.1. The molecule has 1 aliphatic heterocycles. The van der Waals surface area contributed by atoms with Gasteiger partial charge < -0.3 is 9.88 Å². The summed E-state index contributed by atoms with van der Waals surface area (Å²) in [5.74, 6) is 0.671. The molecule has 0 radical (unpaired) electrons. The van der Waals surface area contributed by atoms with Gasteiger partial charge in [-0.3, -0.25) is 4.57 Å². The molecule has 1 aromatic carbocycles. The van der Waals surface area contributed by atoms with Gasteiger partial charge in [-0.1, -0.05) is 18.2 Å². The minimum atomic E-state index is 0.0132.